The summed E-state index contributed by atoms with van der Waals surface area (Å²) in [4.78, 5) is 12.1. The molecule has 0 saturated carbocycles. The molecule has 3 aromatic rings. The number of aliphatic hydroxyl groups is 1. The third-order valence-electron chi connectivity index (χ3n) is 5.39. The third-order valence-corrected chi connectivity index (χ3v) is 6.51. The number of rotatable bonds is 8. The smallest absolute Gasteiger partial charge is 0.233 e. The van der Waals surface area contributed by atoms with Crippen molar-refractivity contribution in [3.05, 3.63) is 54.4 Å². The number of H-pyrrole nitrogens is 1. The molecule has 2 aromatic heterocycles. The number of pyridine rings is 1. The van der Waals surface area contributed by atoms with E-state index in [0.717, 1.165) is 17.0 Å². The SMILES string of the molecule is C=S(C)(=O)c1ccc(Oc2cc(O[C@@H](C)CO)cc(-c3ccc(C4=N[C@H](C)[C@H](C)O4)[nH]3)c2)cn1. The topological polar surface area (TPSA) is 106 Å². The van der Waals surface area contributed by atoms with Crippen LogP contribution in [0.15, 0.2) is 58.7 Å². The van der Waals surface area contributed by atoms with Gasteiger partial charge in [0, 0.05) is 33.1 Å². The lowest BCUT2D eigenvalue weighted by atomic mass is 10.1. The molecule has 0 bridgehead atoms. The minimum atomic E-state index is -2.40. The van der Waals surface area contributed by atoms with Gasteiger partial charge in [0.15, 0.2) is 0 Å². The molecule has 0 aliphatic carbocycles. The Kier molecular flexibility index (Phi) is 6.67. The Hall–Kier alpha value is -3.30. The zero-order valence-electron chi connectivity index (χ0n) is 19.6. The molecule has 0 spiro atoms. The highest BCUT2D eigenvalue weighted by Gasteiger charge is 2.25. The Morgan fingerprint density at radius 2 is 1.88 bits per heavy atom. The van der Waals surface area contributed by atoms with E-state index in [1.807, 2.05) is 38.1 Å². The van der Waals surface area contributed by atoms with Crippen LogP contribution in [0.2, 0.25) is 0 Å². The Labute approximate surface area is 199 Å². The number of ether oxygens (including phenoxy) is 3. The van der Waals surface area contributed by atoms with Crippen molar-refractivity contribution in [1.82, 2.24) is 9.97 Å². The number of aliphatic hydroxyl groups excluding tert-OH is 1. The quantitative estimate of drug-likeness (QED) is 0.471. The lowest BCUT2D eigenvalue weighted by Gasteiger charge is -2.15. The molecule has 0 fully saturated rings. The summed E-state index contributed by atoms with van der Waals surface area (Å²) < 4.78 is 29.8. The van der Waals surface area contributed by atoms with Crippen LogP contribution in [0.4, 0.5) is 0 Å². The first-order valence-electron chi connectivity index (χ1n) is 11.0. The Bertz CT molecular complexity index is 1300. The summed E-state index contributed by atoms with van der Waals surface area (Å²) in [5.74, 6) is 5.79. The molecule has 34 heavy (non-hydrogen) atoms. The lowest BCUT2D eigenvalue weighted by molar-refractivity contribution is 0.129. The lowest BCUT2D eigenvalue weighted by Crippen LogP contribution is -2.16. The predicted octanol–water partition coefficient (Wildman–Crippen LogP) is 3.89. The maximum atomic E-state index is 12.1. The van der Waals surface area contributed by atoms with E-state index in [9.17, 15) is 9.32 Å². The van der Waals surface area contributed by atoms with E-state index >= 15 is 0 Å². The molecule has 1 aliphatic heterocycles. The van der Waals surface area contributed by atoms with E-state index in [4.69, 9.17) is 14.2 Å². The summed E-state index contributed by atoms with van der Waals surface area (Å²) in [5, 5.41) is 9.83. The molecule has 9 heteroatoms. The summed E-state index contributed by atoms with van der Waals surface area (Å²) in [6.07, 6.45) is 2.70. The molecule has 1 aromatic carbocycles. The third kappa shape index (κ3) is 5.43. The Balaban J connectivity index is 1.64. The zero-order valence-corrected chi connectivity index (χ0v) is 20.5. The maximum absolute atomic E-state index is 12.1. The van der Waals surface area contributed by atoms with Crippen molar-refractivity contribution in [3.8, 4) is 28.5 Å². The molecular formula is C25H29N3O5S. The fourth-order valence-corrected chi connectivity index (χ4v) is 3.99. The van der Waals surface area contributed by atoms with Crippen LogP contribution in [-0.2, 0) is 14.3 Å². The van der Waals surface area contributed by atoms with Gasteiger partial charge >= 0.3 is 0 Å². The predicted molar refractivity (Wildman–Crippen MR) is 134 cm³/mol. The van der Waals surface area contributed by atoms with Gasteiger partial charge in [-0.1, -0.05) is 0 Å². The first-order valence-corrected chi connectivity index (χ1v) is 13.1. The van der Waals surface area contributed by atoms with Gasteiger partial charge in [0.05, 0.1) is 18.8 Å². The molecule has 1 unspecified atom stereocenters. The number of nitrogens with zero attached hydrogens (tertiary/aromatic N) is 2. The second-order valence-electron chi connectivity index (χ2n) is 8.53. The fourth-order valence-electron chi connectivity index (χ4n) is 3.36. The van der Waals surface area contributed by atoms with E-state index in [2.05, 4.69) is 20.8 Å². The van der Waals surface area contributed by atoms with Crippen molar-refractivity contribution in [1.29, 1.82) is 0 Å². The summed E-state index contributed by atoms with van der Waals surface area (Å²) in [7, 11) is -2.40. The minimum Gasteiger partial charge on any atom is -0.488 e. The van der Waals surface area contributed by atoms with Gasteiger partial charge < -0.3 is 24.3 Å². The highest BCUT2D eigenvalue weighted by Crippen LogP contribution is 2.33. The zero-order chi connectivity index (χ0) is 24.5. The molecular weight excluding hydrogens is 454 g/mol. The van der Waals surface area contributed by atoms with Crippen molar-refractivity contribution in [2.24, 2.45) is 4.99 Å². The molecule has 0 saturated heterocycles. The van der Waals surface area contributed by atoms with E-state index in [1.54, 1.807) is 31.4 Å². The summed E-state index contributed by atoms with van der Waals surface area (Å²) in [6, 6.07) is 12.8. The van der Waals surface area contributed by atoms with Crippen LogP contribution in [0.3, 0.4) is 0 Å². The van der Waals surface area contributed by atoms with E-state index < -0.39 is 9.52 Å². The molecule has 0 radical (unpaired) electrons. The standard InChI is InChI=1S/C25H29N3O5S/c1-15(14-29)31-20-10-18(22-7-8-23(28-22)25-27-16(2)17(3)32-25)11-21(12-20)33-19-6-9-24(26-13-19)34(4,5)30/h6-13,15-17,28-29H,4,14H2,1-3,5H3/t15-,16+,17-,34?/m0/s1. The van der Waals surface area contributed by atoms with Crippen LogP contribution in [0.5, 0.6) is 17.2 Å². The van der Waals surface area contributed by atoms with Crippen molar-refractivity contribution < 1.29 is 23.5 Å². The number of aliphatic imine (C=N–C) groups is 1. The van der Waals surface area contributed by atoms with Crippen LogP contribution in [0, 0.1) is 0 Å². The monoisotopic (exact) mass is 483 g/mol. The van der Waals surface area contributed by atoms with Crippen molar-refractivity contribution in [3.63, 3.8) is 0 Å². The second kappa shape index (κ2) is 9.52. The second-order valence-corrected chi connectivity index (χ2v) is 11.0. The maximum Gasteiger partial charge on any atom is 0.233 e. The summed E-state index contributed by atoms with van der Waals surface area (Å²) in [5.41, 5.74) is 2.44. The molecule has 3 heterocycles. The highest BCUT2D eigenvalue weighted by atomic mass is 32.2. The molecule has 180 valence electrons. The molecule has 4 atom stereocenters. The van der Waals surface area contributed by atoms with Gasteiger partial charge in [-0.2, -0.15) is 0 Å². The van der Waals surface area contributed by atoms with Crippen LogP contribution >= 0.6 is 0 Å². The fraction of sp³-hybridized carbons (Fsp3) is 0.320. The van der Waals surface area contributed by atoms with Crippen molar-refractivity contribution >= 4 is 21.3 Å². The molecule has 1 aliphatic rings. The first-order chi connectivity index (χ1) is 16.1. The molecule has 8 nitrogen and oxygen atoms in total. The molecule has 0 amide bonds. The minimum absolute atomic E-state index is 0.0306. The number of nitrogens with one attached hydrogen (secondary N) is 1. The highest BCUT2D eigenvalue weighted by molar-refractivity contribution is 7.99. The van der Waals surface area contributed by atoms with Gasteiger partial charge in [0.2, 0.25) is 5.90 Å². The van der Waals surface area contributed by atoms with Crippen LogP contribution in [0.25, 0.3) is 11.3 Å². The van der Waals surface area contributed by atoms with Gasteiger partial charge in [0.25, 0.3) is 0 Å². The Morgan fingerprint density at radius 1 is 1.15 bits per heavy atom. The summed E-state index contributed by atoms with van der Waals surface area (Å²) in [6.45, 7) is 5.68. The van der Waals surface area contributed by atoms with Crippen LogP contribution in [-0.4, -0.2) is 62.2 Å². The number of aromatic nitrogens is 2. The van der Waals surface area contributed by atoms with Crippen molar-refractivity contribution in [2.75, 3.05) is 12.9 Å². The van der Waals surface area contributed by atoms with Gasteiger partial charge in [0.1, 0.15) is 40.2 Å². The molecule has 4 rings (SSSR count). The van der Waals surface area contributed by atoms with E-state index in [1.165, 1.54) is 6.20 Å². The van der Waals surface area contributed by atoms with Gasteiger partial charge in [-0.05, 0) is 63.0 Å². The normalized spacial score (nSPS) is 20.2. The Morgan fingerprint density at radius 3 is 2.50 bits per heavy atom. The van der Waals surface area contributed by atoms with Crippen molar-refractivity contribution in [2.45, 2.75) is 44.0 Å². The number of aromatic amines is 1. The average molecular weight is 484 g/mol. The summed E-state index contributed by atoms with van der Waals surface area (Å²) >= 11 is 0. The van der Waals surface area contributed by atoms with Gasteiger partial charge in [-0.3, -0.25) is 4.21 Å². The van der Waals surface area contributed by atoms with Crippen LogP contribution < -0.4 is 9.47 Å². The average Bonchev–Trinajstić information content (AvgIpc) is 3.40. The molecule has 2 N–H and O–H groups in total. The number of benzene rings is 1. The van der Waals surface area contributed by atoms with E-state index in [0.29, 0.717) is 28.2 Å². The van der Waals surface area contributed by atoms with E-state index in [-0.39, 0.29) is 24.9 Å². The number of hydrogen-bond donors (Lipinski definition) is 2. The number of hydrogen-bond acceptors (Lipinski definition) is 7. The van der Waals surface area contributed by atoms with Gasteiger partial charge in [-0.25, -0.2) is 9.98 Å². The first kappa shape index (κ1) is 23.8. The largest absolute Gasteiger partial charge is 0.488 e. The van der Waals surface area contributed by atoms with Crippen LogP contribution in [0.1, 0.15) is 26.5 Å². The van der Waals surface area contributed by atoms with Gasteiger partial charge in [-0.15, -0.1) is 0 Å².